The highest BCUT2D eigenvalue weighted by Crippen LogP contribution is 2.19. The number of amides is 1. The Labute approximate surface area is 116 Å². The lowest BCUT2D eigenvalue weighted by Gasteiger charge is -2.24. The average molecular weight is 272 g/mol. The van der Waals surface area contributed by atoms with Gasteiger partial charge in [-0.1, -0.05) is 13.3 Å². The first kappa shape index (κ1) is 16.4. The number of hydrogen-bond donors (Lipinski definition) is 1. The van der Waals surface area contributed by atoms with Gasteiger partial charge in [-0.3, -0.25) is 4.79 Å². The van der Waals surface area contributed by atoms with Crippen LogP contribution in [0.2, 0.25) is 0 Å². The fraction of sp³-hybridized carbons (Fsp3) is 0.929. The molecule has 1 unspecified atom stereocenters. The molecule has 1 saturated heterocycles. The molecule has 0 saturated carbocycles. The molecule has 1 atom stereocenters. The number of carbonyl (C=O) groups excluding carboxylic acids is 1. The summed E-state index contributed by atoms with van der Waals surface area (Å²) < 4.78 is 0. The van der Waals surface area contributed by atoms with E-state index in [2.05, 4.69) is 0 Å². The molecule has 1 fully saturated rings. The van der Waals surface area contributed by atoms with E-state index in [1.165, 1.54) is 0 Å². The number of nitrogens with two attached hydrogens (primary N) is 1. The molecule has 1 aliphatic rings. The van der Waals surface area contributed by atoms with Gasteiger partial charge in [-0.05, 0) is 38.6 Å². The summed E-state index contributed by atoms with van der Waals surface area (Å²) >= 11 is 0. The predicted molar refractivity (Wildman–Crippen MR) is 74.5 cm³/mol. The number of likely N-dealkylation sites (tertiary alicyclic amines) is 1. The number of hydrogen-bond acceptors (Lipinski definition) is 4. The molecular formula is C14H28N2O3. The Morgan fingerprint density at radius 1 is 1.32 bits per heavy atom. The summed E-state index contributed by atoms with van der Waals surface area (Å²) in [5.41, 5.74) is 5.44. The van der Waals surface area contributed by atoms with Crippen LogP contribution in [0.1, 0.15) is 51.9 Å². The zero-order valence-electron chi connectivity index (χ0n) is 12.1. The van der Waals surface area contributed by atoms with Crippen molar-refractivity contribution in [3.63, 3.8) is 0 Å². The first-order valence-corrected chi connectivity index (χ1v) is 7.53. The minimum Gasteiger partial charge on any atom is -0.337 e. The Balaban J connectivity index is 2.20. The Bertz CT molecular complexity index is 249. The molecule has 0 aromatic carbocycles. The van der Waals surface area contributed by atoms with Crippen LogP contribution in [-0.4, -0.2) is 43.2 Å². The molecule has 0 spiro atoms. The molecule has 2 N–H and O–H groups in total. The summed E-state index contributed by atoms with van der Waals surface area (Å²) in [4.78, 5) is 24.3. The van der Waals surface area contributed by atoms with Gasteiger partial charge in [-0.25, -0.2) is 9.78 Å². The zero-order valence-corrected chi connectivity index (χ0v) is 12.1. The molecule has 5 heteroatoms. The van der Waals surface area contributed by atoms with Crippen LogP contribution >= 0.6 is 0 Å². The maximum Gasteiger partial charge on any atom is 0.222 e. The molecule has 1 aliphatic heterocycles. The second-order valence-electron chi connectivity index (χ2n) is 5.09. The SMILES string of the molecule is CCCOOCC1CCCN1C(=O)CCCCCN. The molecule has 0 bridgehead atoms. The van der Waals surface area contributed by atoms with Crippen molar-refractivity contribution in [2.75, 3.05) is 26.3 Å². The molecule has 1 rings (SSSR count). The normalized spacial score (nSPS) is 19.1. The summed E-state index contributed by atoms with van der Waals surface area (Å²) in [7, 11) is 0. The highest BCUT2D eigenvalue weighted by atomic mass is 17.2. The third-order valence-corrected chi connectivity index (χ3v) is 3.42. The molecule has 0 aromatic rings. The summed E-state index contributed by atoms with van der Waals surface area (Å²) in [6.45, 7) is 4.71. The van der Waals surface area contributed by atoms with Crippen LogP contribution in [0.25, 0.3) is 0 Å². The van der Waals surface area contributed by atoms with Gasteiger partial charge < -0.3 is 10.6 Å². The van der Waals surface area contributed by atoms with Gasteiger partial charge in [0.1, 0.15) is 6.61 Å². The van der Waals surface area contributed by atoms with Crippen molar-refractivity contribution in [3.05, 3.63) is 0 Å². The molecule has 112 valence electrons. The second kappa shape index (κ2) is 10.2. The van der Waals surface area contributed by atoms with E-state index in [0.29, 0.717) is 26.2 Å². The minimum absolute atomic E-state index is 0.193. The standard InChI is InChI=1S/C14H28N2O3/c1-2-11-18-19-12-13-7-6-10-16(13)14(17)8-4-3-5-9-15/h13H,2-12,15H2,1H3. The van der Waals surface area contributed by atoms with Gasteiger partial charge >= 0.3 is 0 Å². The fourth-order valence-electron chi connectivity index (χ4n) is 2.35. The van der Waals surface area contributed by atoms with Crippen LogP contribution < -0.4 is 5.73 Å². The number of nitrogens with zero attached hydrogens (tertiary/aromatic N) is 1. The monoisotopic (exact) mass is 272 g/mol. The lowest BCUT2D eigenvalue weighted by molar-refractivity contribution is -0.299. The van der Waals surface area contributed by atoms with Crippen molar-refractivity contribution in [3.8, 4) is 0 Å². The first-order valence-electron chi connectivity index (χ1n) is 7.53. The van der Waals surface area contributed by atoms with Crippen molar-refractivity contribution in [2.45, 2.75) is 57.9 Å². The summed E-state index contributed by atoms with van der Waals surface area (Å²) in [5, 5.41) is 0. The summed E-state index contributed by atoms with van der Waals surface area (Å²) in [6, 6.07) is 0.193. The van der Waals surface area contributed by atoms with Crippen molar-refractivity contribution in [1.82, 2.24) is 4.90 Å². The average Bonchev–Trinajstić information content (AvgIpc) is 2.88. The van der Waals surface area contributed by atoms with Crippen molar-refractivity contribution >= 4 is 5.91 Å². The third-order valence-electron chi connectivity index (χ3n) is 3.42. The lowest BCUT2D eigenvalue weighted by Crippen LogP contribution is -2.38. The number of rotatable bonds is 10. The Morgan fingerprint density at radius 3 is 2.89 bits per heavy atom. The van der Waals surface area contributed by atoms with Crippen LogP contribution in [0.5, 0.6) is 0 Å². The summed E-state index contributed by atoms with van der Waals surface area (Å²) in [5.74, 6) is 0.249. The van der Waals surface area contributed by atoms with Crippen LogP contribution in [0.15, 0.2) is 0 Å². The summed E-state index contributed by atoms with van der Waals surface area (Å²) in [6.07, 6.45) is 6.63. The van der Waals surface area contributed by atoms with Crippen LogP contribution in [0.4, 0.5) is 0 Å². The topological polar surface area (TPSA) is 64.8 Å². The highest BCUT2D eigenvalue weighted by Gasteiger charge is 2.28. The first-order chi connectivity index (χ1) is 9.29. The highest BCUT2D eigenvalue weighted by molar-refractivity contribution is 5.76. The zero-order chi connectivity index (χ0) is 13.9. The largest absolute Gasteiger partial charge is 0.337 e. The Morgan fingerprint density at radius 2 is 2.16 bits per heavy atom. The molecular weight excluding hydrogens is 244 g/mol. The molecule has 1 heterocycles. The van der Waals surface area contributed by atoms with Gasteiger partial charge in [0, 0.05) is 13.0 Å². The second-order valence-corrected chi connectivity index (χ2v) is 5.09. The molecule has 0 radical (unpaired) electrons. The fourth-order valence-corrected chi connectivity index (χ4v) is 2.35. The quantitative estimate of drug-likeness (QED) is 0.374. The van der Waals surface area contributed by atoms with Crippen molar-refractivity contribution in [1.29, 1.82) is 0 Å². The van der Waals surface area contributed by atoms with Gasteiger partial charge in [-0.2, -0.15) is 0 Å². The number of carbonyl (C=O) groups is 1. The van der Waals surface area contributed by atoms with Crippen molar-refractivity contribution < 1.29 is 14.6 Å². The van der Waals surface area contributed by atoms with E-state index < -0.39 is 0 Å². The van der Waals surface area contributed by atoms with E-state index in [1.807, 2.05) is 11.8 Å². The van der Waals surface area contributed by atoms with E-state index in [0.717, 1.165) is 45.1 Å². The maximum atomic E-state index is 12.1. The van der Waals surface area contributed by atoms with Gasteiger partial charge in [0.05, 0.1) is 12.6 Å². The Hall–Kier alpha value is -0.650. The van der Waals surface area contributed by atoms with E-state index in [9.17, 15) is 4.79 Å². The molecule has 1 amide bonds. The molecule has 19 heavy (non-hydrogen) atoms. The van der Waals surface area contributed by atoms with Gasteiger partial charge in [0.2, 0.25) is 5.91 Å². The maximum absolute atomic E-state index is 12.1. The van der Waals surface area contributed by atoms with Crippen LogP contribution in [0.3, 0.4) is 0 Å². The Kier molecular flexibility index (Phi) is 8.79. The molecule has 0 aliphatic carbocycles. The number of unbranched alkanes of at least 4 members (excludes halogenated alkanes) is 2. The van der Waals surface area contributed by atoms with E-state index in [-0.39, 0.29) is 11.9 Å². The third kappa shape index (κ3) is 6.36. The predicted octanol–water partition coefficient (Wildman–Crippen LogP) is 1.85. The van der Waals surface area contributed by atoms with Gasteiger partial charge in [0.15, 0.2) is 0 Å². The van der Waals surface area contributed by atoms with Crippen molar-refractivity contribution in [2.24, 2.45) is 5.73 Å². The van der Waals surface area contributed by atoms with Gasteiger partial charge in [0.25, 0.3) is 0 Å². The van der Waals surface area contributed by atoms with E-state index in [1.54, 1.807) is 0 Å². The lowest BCUT2D eigenvalue weighted by atomic mass is 10.1. The molecule has 0 aromatic heterocycles. The van der Waals surface area contributed by atoms with Gasteiger partial charge in [-0.15, -0.1) is 0 Å². The van der Waals surface area contributed by atoms with Crippen LogP contribution in [0, 0.1) is 0 Å². The smallest absolute Gasteiger partial charge is 0.222 e. The van der Waals surface area contributed by atoms with E-state index in [4.69, 9.17) is 15.5 Å². The van der Waals surface area contributed by atoms with Crippen LogP contribution in [-0.2, 0) is 14.6 Å². The van der Waals surface area contributed by atoms with E-state index >= 15 is 0 Å². The minimum atomic E-state index is 0.193. The molecule has 5 nitrogen and oxygen atoms in total.